The van der Waals surface area contributed by atoms with E-state index in [2.05, 4.69) is 10.5 Å². The summed E-state index contributed by atoms with van der Waals surface area (Å²) in [5.41, 5.74) is 5.53. The first kappa shape index (κ1) is 22.7. The number of hydrogen-bond acceptors (Lipinski definition) is 4. The predicted octanol–water partition coefficient (Wildman–Crippen LogP) is 6.04. The molecule has 0 unspecified atom stereocenters. The molecule has 1 N–H and O–H groups in total. The molecule has 0 heterocycles. The predicted molar refractivity (Wildman–Crippen MR) is 125 cm³/mol. The largest absolute Gasteiger partial charge is 0.490 e. The number of nitrogens with one attached hydrogen (secondary N) is 1. The van der Waals surface area contributed by atoms with E-state index in [1.807, 2.05) is 50.2 Å². The van der Waals surface area contributed by atoms with Gasteiger partial charge in [-0.1, -0.05) is 41.4 Å². The minimum atomic E-state index is -0.382. The number of hydrogen-bond donors (Lipinski definition) is 1. The second kappa shape index (κ2) is 10.8. The molecule has 0 aliphatic rings. The highest BCUT2D eigenvalue weighted by molar-refractivity contribution is 6.33. The van der Waals surface area contributed by atoms with Gasteiger partial charge in [-0.2, -0.15) is 5.10 Å². The number of rotatable bonds is 8. The van der Waals surface area contributed by atoms with Gasteiger partial charge in [0.15, 0.2) is 11.5 Å². The van der Waals surface area contributed by atoms with E-state index >= 15 is 0 Å². The fourth-order valence-electron chi connectivity index (χ4n) is 2.81. The summed E-state index contributed by atoms with van der Waals surface area (Å²) in [6.07, 6.45) is 1.53. The molecule has 0 radical (unpaired) electrons. The Bertz CT molecular complexity index is 1100. The third-order valence-electron chi connectivity index (χ3n) is 4.30. The van der Waals surface area contributed by atoms with Gasteiger partial charge in [-0.3, -0.25) is 4.79 Å². The Labute approximate surface area is 191 Å². The number of amides is 1. The maximum Gasteiger partial charge on any atom is 0.272 e. The third kappa shape index (κ3) is 6.48. The molecule has 0 fully saturated rings. The van der Waals surface area contributed by atoms with Gasteiger partial charge in [-0.15, -0.1) is 0 Å². The Balaban J connectivity index is 1.67. The van der Waals surface area contributed by atoms with Crippen molar-refractivity contribution >= 4 is 35.3 Å². The maximum atomic E-state index is 12.3. The van der Waals surface area contributed by atoms with Crippen molar-refractivity contribution in [3.8, 4) is 11.5 Å². The summed E-state index contributed by atoms with van der Waals surface area (Å²) in [6, 6.07) is 18.1. The summed E-state index contributed by atoms with van der Waals surface area (Å²) < 4.78 is 11.6. The van der Waals surface area contributed by atoms with Gasteiger partial charge in [0.05, 0.1) is 23.4 Å². The van der Waals surface area contributed by atoms with Crippen molar-refractivity contribution in [2.75, 3.05) is 6.61 Å². The molecule has 0 saturated heterocycles. The maximum absolute atomic E-state index is 12.3. The molecule has 0 spiro atoms. The smallest absolute Gasteiger partial charge is 0.272 e. The van der Waals surface area contributed by atoms with Crippen LogP contribution in [0.1, 0.15) is 34.0 Å². The van der Waals surface area contributed by atoms with Crippen molar-refractivity contribution in [1.82, 2.24) is 5.43 Å². The number of carbonyl (C=O) groups is 1. The number of benzene rings is 3. The summed E-state index contributed by atoms with van der Waals surface area (Å²) in [7, 11) is 0. The zero-order valence-corrected chi connectivity index (χ0v) is 18.7. The van der Waals surface area contributed by atoms with E-state index in [0.29, 0.717) is 40.3 Å². The minimum Gasteiger partial charge on any atom is -0.490 e. The van der Waals surface area contributed by atoms with Crippen LogP contribution in [0.25, 0.3) is 0 Å². The standard InChI is InChI=1S/C24H22Cl2N2O3/c1-3-30-23-13-17(8-10-22(23)31-15-18-5-4-6-19(25)12-18)14-27-28-24(29)20-9-7-16(2)11-21(20)26/h4-14H,3,15H2,1-2H3,(H,28,29)/b27-14-. The lowest BCUT2D eigenvalue weighted by Gasteiger charge is -2.13. The molecular formula is C24H22Cl2N2O3. The zero-order chi connectivity index (χ0) is 22.2. The first-order chi connectivity index (χ1) is 15.0. The second-order valence-corrected chi connectivity index (χ2v) is 7.58. The average molecular weight is 457 g/mol. The number of hydrazone groups is 1. The van der Waals surface area contributed by atoms with Gasteiger partial charge in [0.25, 0.3) is 5.91 Å². The number of halogens is 2. The normalized spacial score (nSPS) is 10.8. The summed E-state index contributed by atoms with van der Waals surface area (Å²) in [6.45, 7) is 4.65. The second-order valence-electron chi connectivity index (χ2n) is 6.74. The fraction of sp³-hybridized carbons (Fsp3) is 0.167. The van der Waals surface area contributed by atoms with E-state index in [9.17, 15) is 4.79 Å². The number of carbonyl (C=O) groups excluding carboxylic acids is 1. The summed E-state index contributed by atoms with van der Waals surface area (Å²) in [5, 5.41) is 5.06. The Morgan fingerprint density at radius 3 is 2.61 bits per heavy atom. The van der Waals surface area contributed by atoms with Crippen LogP contribution in [0.3, 0.4) is 0 Å². The molecule has 0 aromatic heterocycles. The third-order valence-corrected chi connectivity index (χ3v) is 4.85. The average Bonchev–Trinajstić information content (AvgIpc) is 2.73. The van der Waals surface area contributed by atoms with Crippen molar-refractivity contribution in [2.24, 2.45) is 5.10 Å². The van der Waals surface area contributed by atoms with Gasteiger partial charge >= 0.3 is 0 Å². The SMILES string of the molecule is CCOc1cc(/C=N\NC(=O)c2ccc(C)cc2Cl)ccc1OCc1cccc(Cl)c1. The van der Waals surface area contributed by atoms with Crippen LogP contribution >= 0.6 is 23.2 Å². The lowest BCUT2D eigenvalue weighted by molar-refractivity contribution is 0.0955. The van der Waals surface area contributed by atoms with Crippen LogP contribution in [0.15, 0.2) is 65.8 Å². The number of nitrogens with zero attached hydrogens (tertiary/aromatic N) is 1. The topological polar surface area (TPSA) is 59.9 Å². The van der Waals surface area contributed by atoms with Crippen LogP contribution < -0.4 is 14.9 Å². The fourth-order valence-corrected chi connectivity index (χ4v) is 3.34. The molecule has 3 aromatic rings. The van der Waals surface area contributed by atoms with Gasteiger partial charge in [0.2, 0.25) is 0 Å². The van der Waals surface area contributed by atoms with E-state index in [0.717, 1.165) is 16.7 Å². The molecule has 0 bridgehead atoms. The lowest BCUT2D eigenvalue weighted by atomic mass is 10.1. The van der Waals surface area contributed by atoms with Crippen LogP contribution in [0, 0.1) is 6.92 Å². The van der Waals surface area contributed by atoms with Crippen molar-refractivity contribution in [1.29, 1.82) is 0 Å². The van der Waals surface area contributed by atoms with Crippen molar-refractivity contribution in [3.63, 3.8) is 0 Å². The van der Waals surface area contributed by atoms with Crippen LogP contribution in [0.4, 0.5) is 0 Å². The lowest BCUT2D eigenvalue weighted by Crippen LogP contribution is -2.18. The summed E-state index contributed by atoms with van der Waals surface area (Å²) >= 11 is 12.1. The summed E-state index contributed by atoms with van der Waals surface area (Å²) in [5.74, 6) is 0.809. The molecule has 0 saturated carbocycles. The molecule has 7 heteroatoms. The molecule has 0 atom stereocenters. The van der Waals surface area contributed by atoms with Gasteiger partial charge in [0, 0.05) is 5.02 Å². The quantitative estimate of drug-likeness (QED) is 0.331. The molecule has 0 aliphatic heterocycles. The molecule has 0 aliphatic carbocycles. The first-order valence-corrected chi connectivity index (χ1v) is 10.5. The molecule has 5 nitrogen and oxygen atoms in total. The number of aryl methyl sites for hydroxylation is 1. The van der Waals surface area contributed by atoms with Crippen molar-refractivity contribution in [3.05, 3.63) is 93.0 Å². The van der Waals surface area contributed by atoms with Gasteiger partial charge in [-0.05, 0) is 73.0 Å². The van der Waals surface area contributed by atoms with Crippen LogP contribution in [0.2, 0.25) is 10.0 Å². The number of ether oxygens (including phenoxy) is 2. The highest BCUT2D eigenvalue weighted by atomic mass is 35.5. The Hall–Kier alpha value is -3.02. The highest BCUT2D eigenvalue weighted by Crippen LogP contribution is 2.29. The van der Waals surface area contributed by atoms with E-state index < -0.39 is 0 Å². The van der Waals surface area contributed by atoms with Crippen LogP contribution in [0.5, 0.6) is 11.5 Å². The van der Waals surface area contributed by atoms with Gasteiger partial charge in [-0.25, -0.2) is 5.43 Å². The van der Waals surface area contributed by atoms with Crippen LogP contribution in [-0.2, 0) is 6.61 Å². The Kier molecular flexibility index (Phi) is 7.93. The van der Waals surface area contributed by atoms with E-state index in [1.54, 1.807) is 24.3 Å². The molecular weight excluding hydrogens is 435 g/mol. The molecule has 1 amide bonds. The van der Waals surface area contributed by atoms with E-state index in [1.165, 1.54) is 6.21 Å². The molecule has 3 rings (SSSR count). The highest BCUT2D eigenvalue weighted by Gasteiger charge is 2.10. The zero-order valence-electron chi connectivity index (χ0n) is 17.2. The Morgan fingerprint density at radius 1 is 1.03 bits per heavy atom. The van der Waals surface area contributed by atoms with Gasteiger partial charge < -0.3 is 9.47 Å². The minimum absolute atomic E-state index is 0.363. The van der Waals surface area contributed by atoms with Crippen molar-refractivity contribution in [2.45, 2.75) is 20.5 Å². The summed E-state index contributed by atoms with van der Waals surface area (Å²) in [4.78, 5) is 12.3. The van der Waals surface area contributed by atoms with Crippen molar-refractivity contribution < 1.29 is 14.3 Å². The van der Waals surface area contributed by atoms with Gasteiger partial charge in [0.1, 0.15) is 6.61 Å². The Morgan fingerprint density at radius 2 is 1.87 bits per heavy atom. The van der Waals surface area contributed by atoms with E-state index in [-0.39, 0.29) is 5.91 Å². The first-order valence-electron chi connectivity index (χ1n) is 9.70. The molecule has 160 valence electrons. The van der Waals surface area contributed by atoms with E-state index in [4.69, 9.17) is 32.7 Å². The molecule has 31 heavy (non-hydrogen) atoms. The monoisotopic (exact) mass is 456 g/mol. The van der Waals surface area contributed by atoms with Crippen LogP contribution in [-0.4, -0.2) is 18.7 Å². The molecule has 3 aromatic carbocycles.